The number of carbonyl (C=O) groups is 2. The number of amides is 2. The highest BCUT2D eigenvalue weighted by molar-refractivity contribution is 5.89. The second-order valence-electron chi connectivity index (χ2n) is 6.00. The molecule has 0 spiro atoms. The SMILES string of the molecule is CC(C)C[C@@H](NC(=O)C1CC1)C(=O)N1CCCC1. The van der Waals surface area contributed by atoms with Crippen LogP contribution in [0.25, 0.3) is 0 Å². The van der Waals surface area contributed by atoms with Crippen LogP contribution in [0.15, 0.2) is 0 Å². The molecule has 4 nitrogen and oxygen atoms in total. The number of likely N-dealkylation sites (tertiary alicyclic amines) is 1. The van der Waals surface area contributed by atoms with E-state index in [-0.39, 0.29) is 23.8 Å². The van der Waals surface area contributed by atoms with Crippen LogP contribution in [-0.4, -0.2) is 35.8 Å². The van der Waals surface area contributed by atoms with E-state index in [0.29, 0.717) is 5.92 Å². The average molecular weight is 252 g/mol. The van der Waals surface area contributed by atoms with E-state index in [9.17, 15) is 9.59 Å². The lowest BCUT2D eigenvalue weighted by Gasteiger charge is -2.25. The fourth-order valence-electron chi connectivity index (χ4n) is 2.49. The summed E-state index contributed by atoms with van der Waals surface area (Å²) in [6.45, 7) is 5.89. The Morgan fingerprint density at radius 3 is 2.33 bits per heavy atom. The fraction of sp³-hybridized carbons (Fsp3) is 0.857. The normalized spacial score (nSPS) is 21.2. The van der Waals surface area contributed by atoms with E-state index in [4.69, 9.17) is 0 Å². The van der Waals surface area contributed by atoms with Gasteiger partial charge in [-0.3, -0.25) is 9.59 Å². The van der Waals surface area contributed by atoms with Gasteiger partial charge in [0.2, 0.25) is 11.8 Å². The van der Waals surface area contributed by atoms with Crippen LogP contribution in [0.4, 0.5) is 0 Å². The molecule has 1 aliphatic heterocycles. The molecule has 0 unspecified atom stereocenters. The smallest absolute Gasteiger partial charge is 0.245 e. The molecule has 1 saturated heterocycles. The van der Waals surface area contributed by atoms with Crippen LogP contribution in [0.3, 0.4) is 0 Å². The highest BCUT2D eigenvalue weighted by atomic mass is 16.2. The summed E-state index contributed by atoms with van der Waals surface area (Å²) in [7, 11) is 0. The summed E-state index contributed by atoms with van der Waals surface area (Å²) in [6, 6.07) is -0.309. The van der Waals surface area contributed by atoms with Gasteiger partial charge >= 0.3 is 0 Å². The van der Waals surface area contributed by atoms with E-state index < -0.39 is 0 Å². The van der Waals surface area contributed by atoms with Crippen molar-refractivity contribution in [1.82, 2.24) is 10.2 Å². The van der Waals surface area contributed by atoms with Crippen LogP contribution in [0, 0.1) is 11.8 Å². The van der Waals surface area contributed by atoms with Gasteiger partial charge in [-0.25, -0.2) is 0 Å². The minimum atomic E-state index is -0.309. The van der Waals surface area contributed by atoms with Gasteiger partial charge in [-0.1, -0.05) is 13.8 Å². The maximum absolute atomic E-state index is 12.4. The van der Waals surface area contributed by atoms with Crippen molar-refractivity contribution < 1.29 is 9.59 Å². The summed E-state index contributed by atoms with van der Waals surface area (Å²) in [4.78, 5) is 26.1. The molecule has 0 aromatic heterocycles. The van der Waals surface area contributed by atoms with Crippen molar-refractivity contribution in [2.75, 3.05) is 13.1 Å². The zero-order valence-corrected chi connectivity index (χ0v) is 11.4. The van der Waals surface area contributed by atoms with Crippen LogP contribution in [0.2, 0.25) is 0 Å². The van der Waals surface area contributed by atoms with Crippen LogP contribution in [0.5, 0.6) is 0 Å². The Labute approximate surface area is 109 Å². The van der Waals surface area contributed by atoms with Crippen LogP contribution in [-0.2, 0) is 9.59 Å². The van der Waals surface area contributed by atoms with Crippen molar-refractivity contribution in [1.29, 1.82) is 0 Å². The number of nitrogens with one attached hydrogen (secondary N) is 1. The molecular formula is C14H24N2O2. The molecular weight excluding hydrogens is 228 g/mol. The monoisotopic (exact) mass is 252 g/mol. The summed E-state index contributed by atoms with van der Waals surface area (Å²) in [5.41, 5.74) is 0. The highest BCUT2D eigenvalue weighted by Gasteiger charge is 2.34. The van der Waals surface area contributed by atoms with Gasteiger partial charge < -0.3 is 10.2 Å². The third-order valence-corrected chi connectivity index (χ3v) is 3.69. The van der Waals surface area contributed by atoms with Gasteiger partial charge in [0.15, 0.2) is 0 Å². The zero-order chi connectivity index (χ0) is 13.1. The van der Waals surface area contributed by atoms with Crippen LogP contribution in [0.1, 0.15) is 46.0 Å². The standard InChI is InChI=1S/C14H24N2O2/c1-10(2)9-12(15-13(17)11-5-6-11)14(18)16-7-3-4-8-16/h10-12H,3-9H2,1-2H3,(H,15,17)/t12-/m1/s1. The first kappa shape index (κ1) is 13.4. The van der Waals surface area contributed by atoms with Crippen molar-refractivity contribution >= 4 is 11.8 Å². The molecule has 0 aromatic rings. The van der Waals surface area contributed by atoms with Gasteiger partial charge in [-0.15, -0.1) is 0 Å². The predicted octanol–water partition coefficient (Wildman–Crippen LogP) is 1.55. The number of rotatable bonds is 5. The fourth-order valence-corrected chi connectivity index (χ4v) is 2.49. The Bertz CT molecular complexity index is 318. The van der Waals surface area contributed by atoms with Crippen molar-refractivity contribution in [2.45, 2.75) is 52.0 Å². The topological polar surface area (TPSA) is 49.4 Å². The van der Waals surface area contributed by atoms with Crippen LogP contribution >= 0.6 is 0 Å². The third-order valence-electron chi connectivity index (χ3n) is 3.69. The third kappa shape index (κ3) is 3.47. The number of hydrogen-bond acceptors (Lipinski definition) is 2. The minimum Gasteiger partial charge on any atom is -0.344 e. The van der Waals surface area contributed by atoms with E-state index in [1.165, 1.54) is 0 Å². The molecule has 2 rings (SSSR count). The van der Waals surface area contributed by atoms with Gasteiger partial charge in [0.05, 0.1) is 0 Å². The molecule has 4 heteroatoms. The number of nitrogens with zero attached hydrogens (tertiary/aromatic N) is 1. The molecule has 1 heterocycles. The number of hydrogen-bond donors (Lipinski definition) is 1. The predicted molar refractivity (Wildman–Crippen MR) is 69.9 cm³/mol. The first-order valence-corrected chi connectivity index (χ1v) is 7.17. The van der Waals surface area contributed by atoms with E-state index >= 15 is 0 Å². The Morgan fingerprint density at radius 1 is 1.22 bits per heavy atom. The molecule has 1 atom stereocenters. The van der Waals surface area contributed by atoms with E-state index in [0.717, 1.165) is 45.2 Å². The van der Waals surface area contributed by atoms with Crippen molar-refractivity contribution in [3.8, 4) is 0 Å². The summed E-state index contributed by atoms with van der Waals surface area (Å²) in [6.07, 6.45) is 4.90. The minimum absolute atomic E-state index is 0.0770. The van der Waals surface area contributed by atoms with Crippen molar-refractivity contribution in [3.63, 3.8) is 0 Å². The second-order valence-corrected chi connectivity index (χ2v) is 6.00. The van der Waals surface area contributed by atoms with Crippen molar-refractivity contribution in [3.05, 3.63) is 0 Å². The van der Waals surface area contributed by atoms with Gasteiger partial charge in [0, 0.05) is 19.0 Å². The molecule has 2 fully saturated rings. The largest absolute Gasteiger partial charge is 0.344 e. The molecule has 2 aliphatic rings. The first-order valence-electron chi connectivity index (χ1n) is 7.17. The summed E-state index contributed by atoms with van der Waals surface area (Å²) in [5, 5.41) is 2.96. The zero-order valence-electron chi connectivity index (χ0n) is 11.4. The molecule has 2 amide bonds. The Hall–Kier alpha value is -1.06. The molecule has 1 saturated carbocycles. The average Bonchev–Trinajstić information content (AvgIpc) is 3.03. The lowest BCUT2D eigenvalue weighted by atomic mass is 10.0. The van der Waals surface area contributed by atoms with Gasteiger partial charge in [-0.05, 0) is 38.0 Å². The molecule has 1 N–H and O–H groups in total. The Morgan fingerprint density at radius 2 is 1.83 bits per heavy atom. The second kappa shape index (κ2) is 5.72. The Balaban J connectivity index is 1.93. The van der Waals surface area contributed by atoms with Gasteiger partial charge in [-0.2, -0.15) is 0 Å². The maximum atomic E-state index is 12.4. The molecule has 18 heavy (non-hydrogen) atoms. The van der Waals surface area contributed by atoms with E-state index in [2.05, 4.69) is 19.2 Å². The molecule has 102 valence electrons. The summed E-state index contributed by atoms with van der Waals surface area (Å²) >= 11 is 0. The molecule has 0 bridgehead atoms. The molecule has 0 aromatic carbocycles. The van der Waals surface area contributed by atoms with Gasteiger partial charge in [0.1, 0.15) is 6.04 Å². The van der Waals surface area contributed by atoms with E-state index in [1.807, 2.05) is 4.90 Å². The Kier molecular flexibility index (Phi) is 4.25. The van der Waals surface area contributed by atoms with Crippen LogP contribution < -0.4 is 5.32 Å². The lowest BCUT2D eigenvalue weighted by Crippen LogP contribution is -2.48. The van der Waals surface area contributed by atoms with Crippen molar-refractivity contribution in [2.24, 2.45) is 11.8 Å². The number of carbonyl (C=O) groups excluding carboxylic acids is 2. The lowest BCUT2D eigenvalue weighted by molar-refractivity contribution is -0.136. The summed E-state index contributed by atoms with van der Waals surface area (Å²) < 4.78 is 0. The molecule has 0 radical (unpaired) electrons. The summed E-state index contributed by atoms with van der Waals surface area (Å²) in [5.74, 6) is 0.787. The maximum Gasteiger partial charge on any atom is 0.245 e. The highest BCUT2D eigenvalue weighted by Crippen LogP contribution is 2.29. The first-order chi connectivity index (χ1) is 8.58. The molecule has 1 aliphatic carbocycles. The van der Waals surface area contributed by atoms with Gasteiger partial charge in [0.25, 0.3) is 0 Å². The quantitative estimate of drug-likeness (QED) is 0.807. The van der Waals surface area contributed by atoms with E-state index in [1.54, 1.807) is 0 Å².